The van der Waals surface area contributed by atoms with Crippen molar-refractivity contribution in [1.29, 1.82) is 0 Å². The fraction of sp³-hybridized carbons (Fsp3) is 0.208. The van der Waals surface area contributed by atoms with Crippen molar-refractivity contribution in [2.45, 2.75) is 25.1 Å². The van der Waals surface area contributed by atoms with E-state index in [0.717, 1.165) is 16.8 Å². The Labute approximate surface area is 174 Å². The molecule has 6 heteroatoms. The first kappa shape index (κ1) is 20.1. The smallest absolute Gasteiger partial charge is 0.247 e. The lowest BCUT2D eigenvalue weighted by Crippen LogP contribution is -2.65. The van der Waals surface area contributed by atoms with Crippen LogP contribution in [0.3, 0.4) is 0 Å². The molecular weight excluding hydrogens is 383 g/mol. The standard InChI is InChI=1S/C24H23FN2O3/c1-15-2-10-19(11-3-15)27-23(17-6-12-20(28)13-7-17)22(24(27)30)26-14-21(29)16-4-8-18(25)9-5-16/h2-13,21-23,26,28-29H,14H2,1H3/t21?,22-,23-/m1/s1. The average Bonchev–Trinajstić information content (AvgIpc) is 2.74. The van der Waals surface area contributed by atoms with Gasteiger partial charge in [-0.2, -0.15) is 0 Å². The molecule has 1 unspecified atom stereocenters. The molecule has 1 saturated heterocycles. The Morgan fingerprint density at radius 2 is 1.63 bits per heavy atom. The topological polar surface area (TPSA) is 72.8 Å². The Kier molecular flexibility index (Phi) is 5.53. The van der Waals surface area contributed by atoms with Crippen molar-refractivity contribution in [1.82, 2.24) is 5.32 Å². The number of rotatable bonds is 6. The molecule has 0 radical (unpaired) electrons. The lowest BCUT2D eigenvalue weighted by atomic mass is 9.87. The third kappa shape index (κ3) is 3.92. The van der Waals surface area contributed by atoms with Crippen LogP contribution < -0.4 is 10.2 Å². The molecule has 4 rings (SSSR count). The average molecular weight is 406 g/mol. The second-order valence-electron chi connectivity index (χ2n) is 7.53. The lowest BCUT2D eigenvalue weighted by molar-refractivity contribution is -0.127. The number of anilines is 1. The molecule has 0 aromatic heterocycles. The van der Waals surface area contributed by atoms with Crippen LogP contribution in [0.25, 0.3) is 0 Å². The normalized spacial score (nSPS) is 19.4. The maximum atomic E-state index is 13.1. The molecular formula is C24H23FN2O3. The number of aliphatic hydroxyl groups is 1. The molecule has 5 nitrogen and oxygen atoms in total. The van der Waals surface area contributed by atoms with E-state index in [0.29, 0.717) is 5.56 Å². The molecule has 1 fully saturated rings. The first-order valence-corrected chi connectivity index (χ1v) is 9.79. The van der Waals surface area contributed by atoms with Gasteiger partial charge in [0.2, 0.25) is 5.91 Å². The number of nitrogens with one attached hydrogen (secondary N) is 1. The number of aryl methyl sites for hydroxylation is 1. The van der Waals surface area contributed by atoms with E-state index >= 15 is 0 Å². The van der Waals surface area contributed by atoms with Crippen LogP contribution in [0.4, 0.5) is 10.1 Å². The fourth-order valence-electron chi connectivity index (χ4n) is 3.74. The van der Waals surface area contributed by atoms with Gasteiger partial charge in [0.05, 0.1) is 12.1 Å². The van der Waals surface area contributed by atoms with E-state index in [1.54, 1.807) is 29.2 Å². The zero-order valence-corrected chi connectivity index (χ0v) is 16.5. The molecule has 3 aromatic rings. The molecule has 0 bridgehead atoms. The number of nitrogens with zero attached hydrogens (tertiary/aromatic N) is 1. The summed E-state index contributed by atoms with van der Waals surface area (Å²) in [6, 6.07) is 19.3. The minimum atomic E-state index is -0.868. The van der Waals surface area contributed by atoms with Crippen LogP contribution in [0.2, 0.25) is 0 Å². The van der Waals surface area contributed by atoms with E-state index < -0.39 is 12.1 Å². The van der Waals surface area contributed by atoms with Gasteiger partial charge in [0.15, 0.2) is 0 Å². The van der Waals surface area contributed by atoms with E-state index in [1.807, 2.05) is 31.2 Å². The number of carbonyl (C=O) groups is 1. The maximum Gasteiger partial charge on any atom is 0.247 e. The van der Waals surface area contributed by atoms with Gasteiger partial charge in [0.25, 0.3) is 0 Å². The fourth-order valence-corrected chi connectivity index (χ4v) is 3.74. The van der Waals surface area contributed by atoms with Crippen molar-refractivity contribution in [2.75, 3.05) is 11.4 Å². The second kappa shape index (κ2) is 8.26. The Morgan fingerprint density at radius 1 is 1.00 bits per heavy atom. The van der Waals surface area contributed by atoms with Gasteiger partial charge < -0.3 is 20.4 Å². The summed E-state index contributed by atoms with van der Waals surface area (Å²) in [6.45, 7) is 2.14. The van der Waals surface area contributed by atoms with Gasteiger partial charge in [-0.05, 0) is 54.4 Å². The molecule has 1 heterocycles. The van der Waals surface area contributed by atoms with Gasteiger partial charge in [-0.1, -0.05) is 42.0 Å². The Bertz CT molecular complexity index is 1020. The zero-order chi connectivity index (χ0) is 21.3. The van der Waals surface area contributed by atoms with Crippen LogP contribution in [-0.2, 0) is 4.79 Å². The Hall–Kier alpha value is -3.22. The molecule has 0 spiro atoms. The number of amides is 1. The third-order valence-corrected chi connectivity index (χ3v) is 5.43. The van der Waals surface area contributed by atoms with Crippen molar-refractivity contribution < 1.29 is 19.4 Å². The molecule has 0 aliphatic carbocycles. The summed E-state index contributed by atoms with van der Waals surface area (Å²) in [5.74, 6) is -0.306. The van der Waals surface area contributed by atoms with Gasteiger partial charge in [-0.3, -0.25) is 4.79 Å². The van der Waals surface area contributed by atoms with E-state index in [1.165, 1.54) is 24.3 Å². The number of aliphatic hydroxyl groups excluding tert-OH is 1. The quantitative estimate of drug-likeness (QED) is 0.547. The summed E-state index contributed by atoms with van der Waals surface area (Å²) < 4.78 is 13.1. The highest BCUT2D eigenvalue weighted by molar-refractivity contribution is 6.05. The summed E-state index contributed by atoms with van der Waals surface area (Å²) in [5, 5.41) is 23.2. The SMILES string of the molecule is Cc1ccc(N2C(=O)[C@H](NCC(O)c3ccc(F)cc3)[C@H]2c2ccc(O)cc2)cc1. The molecule has 3 N–H and O–H groups in total. The van der Waals surface area contributed by atoms with Crippen molar-refractivity contribution in [3.8, 4) is 5.75 Å². The lowest BCUT2D eigenvalue weighted by Gasteiger charge is -2.48. The van der Waals surface area contributed by atoms with Crippen molar-refractivity contribution >= 4 is 11.6 Å². The van der Waals surface area contributed by atoms with Crippen LogP contribution in [0.15, 0.2) is 72.8 Å². The van der Waals surface area contributed by atoms with Gasteiger partial charge in [-0.25, -0.2) is 4.39 Å². The maximum absolute atomic E-state index is 13.1. The van der Waals surface area contributed by atoms with Crippen LogP contribution >= 0.6 is 0 Å². The number of hydrogen-bond donors (Lipinski definition) is 3. The number of β-lactam (4-membered cyclic amide) rings is 1. The predicted molar refractivity (Wildman–Crippen MR) is 113 cm³/mol. The molecule has 3 aromatic carbocycles. The molecule has 3 atom stereocenters. The van der Waals surface area contributed by atoms with Crippen molar-refractivity contribution in [3.05, 3.63) is 95.3 Å². The Balaban J connectivity index is 1.55. The van der Waals surface area contributed by atoms with Crippen LogP contribution in [0.1, 0.15) is 28.8 Å². The van der Waals surface area contributed by atoms with Gasteiger partial charge >= 0.3 is 0 Å². The molecule has 1 aliphatic heterocycles. The summed E-state index contributed by atoms with van der Waals surface area (Å²) in [7, 11) is 0. The van der Waals surface area contributed by atoms with Gasteiger partial charge in [-0.15, -0.1) is 0 Å². The molecule has 154 valence electrons. The van der Waals surface area contributed by atoms with Crippen LogP contribution in [0, 0.1) is 12.7 Å². The monoisotopic (exact) mass is 406 g/mol. The number of carbonyl (C=O) groups excluding carboxylic acids is 1. The molecule has 30 heavy (non-hydrogen) atoms. The number of phenols is 1. The summed E-state index contributed by atoms with van der Waals surface area (Å²) in [5.41, 5.74) is 3.35. The number of phenolic OH excluding ortho intramolecular Hbond substituents is 1. The second-order valence-corrected chi connectivity index (χ2v) is 7.53. The van der Waals surface area contributed by atoms with Gasteiger partial charge in [0, 0.05) is 12.2 Å². The van der Waals surface area contributed by atoms with Crippen LogP contribution in [0.5, 0.6) is 5.75 Å². The number of benzene rings is 3. The highest BCUT2D eigenvalue weighted by Crippen LogP contribution is 2.39. The highest BCUT2D eigenvalue weighted by Gasteiger charge is 2.48. The van der Waals surface area contributed by atoms with Crippen LogP contribution in [-0.4, -0.2) is 28.7 Å². The van der Waals surface area contributed by atoms with E-state index in [4.69, 9.17) is 0 Å². The number of hydrogen-bond acceptors (Lipinski definition) is 4. The van der Waals surface area contributed by atoms with Crippen molar-refractivity contribution in [3.63, 3.8) is 0 Å². The van der Waals surface area contributed by atoms with E-state index in [2.05, 4.69) is 5.32 Å². The van der Waals surface area contributed by atoms with E-state index in [-0.39, 0.29) is 30.1 Å². The molecule has 1 amide bonds. The first-order chi connectivity index (χ1) is 14.4. The third-order valence-electron chi connectivity index (χ3n) is 5.43. The van der Waals surface area contributed by atoms with Crippen molar-refractivity contribution in [2.24, 2.45) is 0 Å². The Morgan fingerprint density at radius 3 is 2.27 bits per heavy atom. The number of aromatic hydroxyl groups is 1. The summed E-state index contributed by atoms with van der Waals surface area (Å²) >= 11 is 0. The summed E-state index contributed by atoms with van der Waals surface area (Å²) in [4.78, 5) is 14.7. The minimum absolute atomic E-state index is 0.0942. The predicted octanol–water partition coefficient (Wildman–Crippen LogP) is 3.62. The van der Waals surface area contributed by atoms with Gasteiger partial charge in [0.1, 0.15) is 17.6 Å². The highest BCUT2D eigenvalue weighted by atomic mass is 19.1. The summed E-state index contributed by atoms with van der Waals surface area (Å²) in [6.07, 6.45) is -0.868. The largest absolute Gasteiger partial charge is 0.508 e. The molecule has 1 aliphatic rings. The minimum Gasteiger partial charge on any atom is -0.508 e. The number of halogens is 1. The molecule has 0 saturated carbocycles. The first-order valence-electron chi connectivity index (χ1n) is 9.79. The van der Waals surface area contributed by atoms with E-state index in [9.17, 15) is 19.4 Å². The zero-order valence-electron chi connectivity index (χ0n) is 16.5.